The third kappa shape index (κ3) is 3.58. The number of nitrogens with zero attached hydrogens (tertiary/aromatic N) is 1. The molecule has 2 atom stereocenters. The van der Waals surface area contributed by atoms with Crippen molar-refractivity contribution < 1.29 is 0 Å². The van der Waals surface area contributed by atoms with E-state index in [0.29, 0.717) is 6.04 Å². The monoisotopic (exact) mass is 260 g/mol. The average molecular weight is 260 g/mol. The molecule has 2 heteroatoms. The molecule has 0 radical (unpaired) electrons. The molecular weight excluding hydrogens is 232 g/mol. The molecule has 0 bridgehead atoms. The van der Waals surface area contributed by atoms with Gasteiger partial charge in [-0.25, -0.2) is 0 Å². The summed E-state index contributed by atoms with van der Waals surface area (Å²) < 4.78 is 0. The summed E-state index contributed by atoms with van der Waals surface area (Å²) in [4.78, 5) is 2.67. The number of nitrogens with one attached hydrogen (secondary N) is 1. The molecule has 2 nitrogen and oxygen atoms in total. The first-order valence-electron chi connectivity index (χ1n) is 7.63. The van der Waals surface area contributed by atoms with Gasteiger partial charge in [0.15, 0.2) is 0 Å². The van der Waals surface area contributed by atoms with Gasteiger partial charge in [-0.1, -0.05) is 36.2 Å². The average Bonchev–Trinajstić information content (AvgIpc) is 2.81. The van der Waals surface area contributed by atoms with Crippen molar-refractivity contribution in [2.75, 3.05) is 20.1 Å². The van der Waals surface area contributed by atoms with E-state index in [4.69, 9.17) is 0 Å². The Labute approximate surface area is 118 Å². The first kappa shape index (κ1) is 14.5. The van der Waals surface area contributed by atoms with Crippen molar-refractivity contribution >= 4 is 0 Å². The third-order valence-electron chi connectivity index (χ3n) is 4.38. The van der Waals surface area contributed by atoms with E-state index in [1.807, 2.05) is 0 Å². The van der Waals surface area contributed by atoms with E-state index in [1.54, 1.807) is 0 Å². The first-order chi connectivity index (χ1) is 9.13. The van der Waals surface area contributed by atoms with E-state index in [9.17, 15) is 0 Å². The Hall–Kier alpha value is -0.860. The molecule has 1 saturated heterocycles. The summed E-state index contributed by atoms with van der Waals surface area (Å²) in [6, 6.07) is 8.14. The molecular formula is C17H28N2. The molecule has 106 valence electrons. The lowest BCUT2D eigenvalue weighted by atomic mass is 10.0. The summed E-state index contributed by atoms with van der Waals surface area (Å²) in [5.41, 5.74) is 4.16. The summed E-state index contributed by atoms with van der Waals surface area (Å²) in [6.07, 6.45) is 4.02. The SMILES string of the molecule is CCC1CCCN1CC(NC)c1cc(C)cc(C)c1. The van der Waals surface area contributed by atoms with Crippen molar-refractivity contribution in [3.8, 4) is 0 Å². The minimum absolute atomic E-state index is 0.450. The minimum atomic E-state index is 0.450. The van der Waals surface area contributed by atoms with Crippen LogP contribution in [0.5, 0.6) is 0 Å². The number of likely N-dealkylation sites (tertiary alicyclic amines) is 1. The zero-order valence-electron chi connectivity index (χ0n) is 12.9. The van der Waals surface area contributed by atoms with Gasteiger partial charge in [0, 0.05) is 18.6 Å². The van der Waals surface area contributed by atoms with Gasteiger partial charge in [0.1, 0.15) is 0 Å². The molecule has 1 aliphatic heterocycles. The van der Waals surface area contributed by atoms with Gasteiger partial charge in [-0.15, -0.1) is 0 Å². The van der Waals surface area contributed by atoms with E-state index in [2.05, 4.69) is 56.2 Å². The predicted molar refractivity (Wildman–Crippen MR) is 82.6 cm³/mol. The molecule has 1 heterocycles. The lowest BCUT2D eigenvalue weighted by Crippen LogP contribution is -2.36. The molecule has 0 spiro atoms. The van der Waals surface area contributed by atoms with Crippen LogP contribution in [0, 0.1) is 13.8 Å². The zero-order chi connectivity index (χ0) is 13.8. The van der Waals surface area contributed by atoms with Gasteiger partial charge < -0.3 is 5.32 Å². The van der Waals surface area contributed by atoms with Crippen LogP contribution >= 0.6 is 0 Å². The van der Waals surface area contributed by atoms with E-state index in [1.165, 1.54) is 42.5 Å². The van der Waals surface area contributed by atoms with Gasteiger partial charge >= 0.3 is 0 Å². The normalized spacial score (nSPS) is 21.8. The van der Waals surface area contributed by atoms with Crippen LogP contribution in [0.1, 0.15) is 48.9 Å². The Morgan fingerprint density at radius 1 is 1.26 bits per heavy atom. The standard InChI is InChI=1S/C17H28N2/c1-5-16-7-6-8-19(16)12-17(18-4)15-10-13(2)9-14(3)11-15/h9-11,16-18H,5-8,12H2,1-4H3. The third-order valence-corrected chi connectivity index (χ3v) is 4.38. The smallest absolute Gasteiger partial charge is 0.0447 e. The van der Waals surface area contributed by atoms with Crippen molar-refractivity contribution in [3.63, 3.8) is 0 Å². The first-order valence-corrected chi connectivity index (χ1v) is 7.63. The van der Waals surface area contributed by atoms with E-state index in [0.717, 1.165) is 12.6 Å². The van der Waals surface area contributed by atoms with Crippen LogP contribution in [-0.4, -0.2) is 31.1 Å². The maximum atomic E-state index is 3.50. The lowest BCUT2D eigenvalue weighted by Gasteiger charge is -2.29. The fourth-order valence-electron chi connectivity index (χ4n) is 3.41. The summed E-state index contributed by atoms with van der Waals surface area (Å²) in [7, 11) is 2.08. The fraction of sp³-hybridized carbons (Fsp3) is 0.647. The van der Waals surface area contributed by atoms with Gasteiger partial charge in [-0.05, 0) is 52.3 Å². The molecule has 1 aromatic rings. The second kappa shape index (κ2) is 6.53. The van der Waals surface area contributed by atoms with E-state index >= 15 is 0 Å². The molecule has 1 N–H and O–H groups in total. The number of hydrogen-bond acceptors (Lipinski definition) is 2. The maximum Gasteiger partial charge on any atom is 0.0447 e. The molecule has 0 saturated carbocycles. The summed E-state index contributed by atoms with van der Waals surface area (Å²) in [5, 5.41) is 3.50. The maximum absolute atomic E-state index is 3.50. The highest BCUT2D eigenvalue weighted by atomic mass is 15.2. The molecule has 0 aromatic heterocycles. The van der Waals surface area contributed by atoms with Crippen LogP contribution in [-0.2, 0) is 0 Å². The van der Waals surface area contributed by atoms with E-state index in [-0.39, 0.29) is 0 Å². The van der Waals surface area contributed by atoms with Crippen molar-refractivity contribution in [1.82, 2.24) is 10.2 Å². The van der Waals surface area contributed by atoms with Gasteiger partial charge in [-0.3, -0.25) is 4.90 Å². The van der Waals surface area contributed by atoms with Crippen molar-refractivity contribution in [1.29, 1.82) is 0 Å². The largest absolute Gasteiger partial charge is 0.312 e. The van der Waals surface area contributed by atoms with Gasteiger partial charge in [-0.2, -0.15) is 0 Å². The topological polar surface area (TPSA) is 15.3 Å². The molecule has 0 aliphatic carbocycles. The van der Waals surface area contributed by atoms with E-state index < -0.39 is 0 Å². The van der Waals surface area contributed by atoms with Crippen molar-refractivity contribution in [3.05, 3.63) is 34.9 Å². The lowest BCUT2D eigenvalue weighted by molar-refractivity contribution is 0.224. The summed E-state index contributed by atoms with van der Waals surface area (Å²) in [6.45, 7) is 9.09. The Morgan fingerprint density at radius 2 is 1.95 bits per heavy atom. The number of aryl methyl sites for hydroxylation is 2. The fourth-order valence-corrected chi connectivity index (χ4v) is 3.41. The minimum Gasteiger partial charge on any atom is -0.312 e. The molecule has 1 fully saturated rings. The van der Waals surface area contributed by atoms with Gasteiger partial charge in [0.05, 0.1) is 0 Å². The second-order valence-electron chi connectivity index (χ2n) is 5.96. The number of benzene rings is 1. The van der Waals surface area contributed by atoms with Crippen LogP contribution in [0.25, 0.3) is 0 Å². The van der Waals surface area contributed by atoms with Crippen LogP contribution in [0.4, 0.5) is 0 Å². The van der Waals surface area contributed by atoms with Gasteiger partial charge in [0.2, 0.25) is 0 Å². The number of rotatable bonds is 5. The predicted octanol–water partition coefficient (Wildman–Crippen LogP) is 3.44. The molecule has 1 aliphatic rings. The Balaban J connectivity index is 2.11. The Morgan fingerprint density at radius 3 is 2.53 bits per heavy atom. The van der Waals surface area contributed by atoms with Crippen molar-refractivity contribution in [2.24, 2.45) is 0 Å². The number of likely N-dealkylation sites (N-methyl/N-ethyl adjacent to an activating group) is 1. The Kier molecular flexibility index (Phi) is 5.00. The molecule has 2 unspecified atom stereocenters. The molecule has 0 amide bonds. The summed E-state index contributed by atoms with van der Waals surface area (Å²) in [5.74, 6) is 0. The highest BCUT2D eigenvalue weighted by Crippen LogP contribution is 2.24. The summed E-state index contributed by atoms with van der Waals surface area (Å²) >= 11 is 0. The number of hydrogen-bond donors (Lipinski definition) is 1. The van der Waals surface area contributed by atoms with Gasteiger partial charge in [0.25, 0.3) is 0 Å². The molecule has 2 rings (SSSR count). The van der Waals surface area contributed by atoms with Crippen LogP contribution in [0.2, 0.25) is 0 Å². The Bertz CT molecular complexity index is 393. The van der Waals surface area contributed by atoms with Crippen molar-refractivity contribution in [2.45, 2.75) is 52.1 Å². The van der Waals surface area contributed by atoms with Crippen LogP contribution in [0.15, 0.2) is 18.2 Å². The molecule has 19 heavy (non-hydrogen) atoms. The van der Waals surface area contributed by atoms with Crippen LogP contribution in [0.3, 0.4) is 0 Å². The van der Waals surface area contributed by atoms with Crippen LogP contribution < -0.4 is 5.32 Å². The zero-order valence-corrected chi connectivity index (χ0v) is 12.9. The highest BCUT2D eigenvalue weighted by molar-refractivity contribution is 5.31. The molecule has 1 aromatic carbocycles. The highest BCUT2D eigenvalue weighted by Gasteiger charge is 2.25. The quantitative estimate of drug-likeness (QED) is 0.872. The second-order valence-corrected chi connectivity index (χ2v) is 5.96.